The maximum absolute atomic E-state index is 12.9. The van der Waals surface area contributed by atoms with Crippen molar-refractivity contribution in [2.75, 3.05) is 26.2 Å². The first kappa shape index (κ1) is 21.5. The molecule has 2 fully saturated rings. The maximum Gasteiger partial charge on any atom is 0.453 e. The molecule has 0 bridgehead atoms. The zero-order valence-electron chi connectivity index (χ0n) is 17.6. The second-order valence-electron chi connectivity index (χ2n) is 8.24. The minimum absolute atomic E-state index is 0.0378. The number of rotatable bonds is 4. The van der Waals surface area contributed by atoms with Crippen LogP contribution in [0.4, 0.5) is 13.2 Å². The van der Waals surface area contributed by atoms with Crippen LogP contribution in [0, 0.1) is 19.8 Å². The Labute approximate surface area is 177 Å². The highest BCUT2D eigenvalue weighted by Gasteiger charge is 2.37. The van der Waals surface area contributed by atoms with Gasteiger partial charge in [0.1, 0.15) is 0 Å². The van der Waals surface area contributed by atoms with Gasteiger partial charge in [-0.2, -0.15) is 18.2 Å². The van der Waals surface area contributed by atoms with Crippen molar-refractivity contribution in [3.05, 3.63) is 22.8 Å². The van der Waals surface area contributed by atoms with E-state index in [9.17, 15) is 22.8 Å². The molecule has 168 valence electrons. The molecule has 0 atom stereocenters. The Balaban J connectivity index is 1.38. The van der Waals surface area contributed by atoms with E-state index in [1.807, 2.05) is 4.90 Å². The quantitative estimate of drug-likeness (QED) is 0.731. The van der Waals surface area contributed by atoms with Crippen LogP contribution in [-0.2, 0) is 22.2 Å². The Morgan fingerprint density at radius 3 is 2.26 bits per heavy atom. The van der Waals surface area contributed by atoms with Crippen LogP contribution in [0.2, 0.25) is 0 Å². The first-order chi connectivity index (χ1) is 14.6. The number of hydrogen-bond acceptors (Lipinski definition) is 5. The number of alkyl halides is 3. The first-order valence-corrected chi connectivity index (χ1v) is 10.5. The molecule has 0 spiro atoms. The predicted molar refractivity (Wildman–Crippen MR) is 104 cm³/mol. The number of carbonyl (C=O) groups excluding carboxylic acids is 2. The van der Waals surface area contributed by atoms with Gasteiger partial charge in [-0.1, -0.05) is 6.42 Å². The van der Waals surface area contributed by atoms with Gasteiger partial charge in [-0.05, 0) is 38.7 Å². The summed E-state index contributed by atoms with van der Waals surface area (Å²) in [5.74, 6) is -1.01. The maximum atomic E-state index is 12.9. The van der Waals surface area contributed by atoms with Crippen LogP contribution >= 0.6 is 0 Å². The number of carbonyl (C=O) groups is 2. The van der Waals surface area contributed by atoms with Crippen molar-refractivity contribution in [1.29, 1.82) is 0 Å². The van der Waals surface area contributed by atoms with Gasteiger partial charge >= 0.3 is 6.18 Å². The summed E-state index contributed by atoms with van der Waals surface area (Å²) in [5.41, 5.74) is 1.72. The second kappa shape index (κ2) is 8.08. The van der Waals surface area contributed by atoms with E-state index in [4.69, 9.17) is 0 Å². The van der Waals surface area contributed by atoms with Crippen LogP contribution in [0.25, 0.3) is 5.78 Å². The van der Waals surface area contributed by atoms with Gasteiger partial charge in [0.15, 0.2) is 0 Å². The molecule has 31 heavy (non-hydrogen) atoms. The Morgan fingerprint density at radius 1 is 1.03 bits per heavy atom. The summed E-state index contributed by atoms with van der Waals surface area (Å²) in [7, 11) is 0. The van der Waals surface area contributed by atoms with E-state index >= 15 is 0 Å². The average molecular weight is 438 g/mol. The second-order valence-corrected chi connectivity index (χ2v) is 8.24. The zero-order chi connectivity index (χ0) is 22.3. The molecule has 1 saturated heterocycles. The molecule has 1 aliphatic heterocycles. The number of amides is 2. The van der Waals surface area contributed by atoms with Crippen LogP contribution in [-0.4, -0.2) is 67.4 Å². The average Bonchev–Trinajstić information content (AvgIpc) is 3.11. The predicted octanol–water partition coefficient (Wildman–Crippen LogP) is 2.16. The third kappa shape index (κ3) is 4.22. The standard InChI is InChI=1S/C20H25F3N6O2/c1-12-15(13(2)29-19(24-12)25-18(26-29)20(21,22)23)6-7-16(30)27-8-10-28(11-9-27)17(31)14-4-3-5-14/h14H,3-11H2,1-2H3. The lowest BCUT2D eigenvalue weighted by atomic mass is 9.84. The Bertz CT molecular complexity index is 1010. The summed E-state index contributed by atoms with van der Waals surface area (Å²) in [4.78, 5) is 36.2. The number of aryl methyl sites for hydroxylation is 2. The molecule has 8 nitrogen and oxygen atoms in total. The monoisotopic (exact) mass is 438 g/mol. The molecule has 2 aliphatic rings. The molecular formula is C20H25F3N6O2. The number of aromatic nitrogens is 4. The molecular weight excluding hydrogens is 413 g/mol. The molecule has 2 amide bonds. The lowest BCUT2D eigenvalue weighted by Gasteiger charge is -2.38. The van der Waals surface area contributed by atoms with Crippen molar-refractivity contribution in [2.24, 2.45) is 5.92 Å². The molecule has 0 aromatic carbocycles. The molecule has 3 heterocycles. The summed E-state index contributed by atoms with van der Waals surface area (Å²) in [6.45, 7) is 5.45. The Kier molecular flexibility index (Phi) is 5.61. The van der Waals surface area contributed by atoms with Crippen LogP contribution in [0.1, 0.15) is 48.5 Å². The fourth-order valence-corrected chi connectivity index (χ4v) is 4.17. The molecule has 2 aromatic heterocycles. The third-order valence-electron chi connectivity index (χ3n) is 6.29. The number of halogens is 3. The molecule has 1 aliphatic carbocycles. The van der Waals surface area contributed by atoms with E-state index in [1.54, 1.807) is 18.7 Å². The molecule has 0 radical (unpaired) electrons. The van der Waals surface area contributed by atoms with Gasteiger partial charge in [0.2, 0.25) is 11.8 Å². The van der Waals surface area contributed by atoms with Gasteiger partial charge < -0.3 is 9.80 Å². The molecule has 0 N–H and O–H groups in total. The number of hydrogen-bond donors (Lipinski definition) is 0. The number of piperazine rings is 1. The highest BCUT2D eigenvalue weighted by atomic mass is 19.4. The van der Waals surface area contributed by atoms with Crippen molar-refractivity contribution >= 4 is 17.6 Å². The lowest BCUT2D eigenvalue weighted by Crippen LogP contribution is -2.52. The lowest BCUT2D eigenvalue weighted by molar-refractivity contribution is -0.144. The van der Waals surface area contributed by atoms with Crippen molar-refractivity contribution in [3.8, 4) is 0 Å². The third-order valence-corrected chi connectivity index (χ3v) is 6.29. The summed E-state index contributed by atoms with van der Waals surface area (Å²) < 4.78 is 39.9. The van der Waals surface area contributed by atoms with E-state index in [2.05, 4.69) is 15.1 Å². The number of nitrogens with zero attached hydrogens (tertiary/aromatic N) is 6. The van der Waals surface area contributed by atoms with Gasteiger partial charge in [0, 0.05) is 49.9 Å². The summed E-state index contributed by atoms with van der Waals surface area (Å²) in [5, 5.41) is 3.54. The van der Waals surface area contributed by atoms with E-state index in [0.717, 1.165) is 23.8 Å². The van der Waals surface area contributed by atoms with Gasteiger partial charge in [-0.15, -0.1) is 5.10 Å². The van der Waals surface area contributed by atoms with Gasteiger partial charge in [-0.3, -0.25) is 9.59 Å². The van der Waals surface area contributed by atoms with Crippen molar-refractivity contribution in [3.63, 3.8) is 0 Å². The topological polar surface area (TPSA) is 83.7 Å². The van der Waals surface area contributed by atoms with Crippen LogP contribution in [0.5, 0.6) is 0 Å². The smallest absolute Gasteiger partial charge is 0.339 e. The van der Waals surface area contributed by atoms with E-state index in [0.29, 0.717) is 49.6 Å². The Morgan fingerprint density at radius 2 is 1.68 bits per heavy atom. The normalized spacial score (nSPS) is 17.8. The molecule has 1 saturated carbocycles. The minimum atomic E-state index is -4.65. The fourth-order valence-electron chi connectivity index (χ4n) is 4.17. The van der Waals surface area contributed by atoms with Gasteiger partial charge in [0.25, 0.3) is 11.6 Å². The van der Waals surface area contributed by atoms with Gasteiger partial charge in [0.05, 0.1) is 0 Å². The largest absolute Gasteiger partial charge is 0.453 e. The molecule has 4 rings (SSSR count). The first-order valence-electron chi connectivity index (χ1n) is 10.5. The van der Waals surface area contributed by atoms with Gasteiger partial charge in [-0.25, -0.2) is 9.50 Å². The van der Waals surface area contributed by atoms with Crippen LogP contribution in [0.15, 0.2) is 0 Å². The SMILES string of the molecule is Cc1nc2nc(C(F)(F)F)nn2c(C)c1CCC(=O)N1CCN(C(=O)C2CCC2)CC1. The van der Waals surface area contributed by atoms with E-state index < -0.39 is 12.0 Å². The van der Waals surface area contributed by atoms with Crippen LogP contribution in [0.3, 0.4) is 0 Å². The minimum Gasteiger partial charge on any atom is -0.339 e. The highest BCUT2D eigenvalue weighted by molar-refractivity contribution is 5.80. The summed E-state index contributed by atoms with van der Waals surface area (Å²) >= 11 is 0. The zero-order valence-corrected chi connectivity index (χ0v) is 17.6. The van der Waals surface area contributed by atoms with E-state index in [-0.39, 0.29) is 29.9 Å². The number of fused-ring (bicyclic) bond motifs is 1. The van der Waals surface area contributed by atoms with Crippen molar-refractivity contribution in [1.82, 2.24) is 29.4 Å². The molecule has 2 aromatic rings. The molecule has 11 heteroatoms. The van der Waals surface area contributed by atoms with E-state index in [1.165, 1.54) is 0 Å². The molecule has 0 unspecified atom stereocenters. The Hall–Kier alpha value is -2.72. The summed E-state index contributed by atoms with van der Waals surface area (Å²) in [6, 6.07) is 0. The highest BCUT2D eigenvalue weighted by Crippen LogP contribution is 2.29. The van der Waals surface area contributed by atoms with Crippen molar-refractivity contribution in [2.45, 2.75) is 52.1 Å². The van der Waals surface area contributed by atoms with Crippen molar-refractivity contribution < 1.29 is 22.8 Å². The van der Waals surface area contributed by atoms with Crippen LogP contribution < -0.4 is 0 Å². The fraction of sp³-hybridized carbons (Fsp3) is 0.650. The summed E-state index contributed by atoms with van der Waals surface area (Å²) in [6.07, 6.45) is -1.04.